The van der Waals surface area contributed by atoms with Crippen LogP contribution in [0.3, 0.4) is 0 Å². The largest absolute Gasteiger partial charge is 0.256 e. The molecule has 0 N–H and O–H groups in total. The third-order valence-corrected chi connectivity index (χ3v) is 13.2. The van der Waals surface area contributed by atoms with E-state index >= 15 is 0 Å². The van der Waals surface area contributed by atoms with Crippen LogP contribution in [0, 0.1) is 11.3 Å². The van der Waals surface area contributed by atoms with E-state index in [0.29, 0.717) is 23.0 Å². The first-order valence-corrected chi connectivity index (χ1v) is 21.9. The van der Waals surface area contributed by atoms with Gasteiger partial charge in [0.25, 0.3) is 0 Å². The second-order valence-corrected chi connectivity index (χ2v) is 17.3. The van der Waals surface area contributed by atoms with Gasteiger partial charge in [0, 0.05) is 39.3 Å². The van der Waals surface area contributed by atoms with E-state index in [9.17, 15) is 5.26 Å². The topological polar surface area (TPSA) is 75.3 Å². The van der Waals surface area contributed by atoms with E-state index in [1.807, 2.05) is 54.7 Å². The van der Waals surface area contributed by atoms with Gasteiger partial charge in [0.05, 0.1) is 17.1 Å². The molecule has 0 unspecified atom stereocenters. The van der Waals surface area contributed by atoms with Crippen LogP contribution >= 0.6 is 0 Å². The highest BCUT2D eigenvalue weighted by Crippen LogP contribution is 2.49. The van der Waals surface area contributed by atoms with E-state index in [2.05, 4.69) is 166 Å². The van der Waals surface area contributed by atoms with Crippen LogP contribution in [0.15, 0.2) is 200 Å². The van der Waals surface area contributed by atoms with Crippen molar-refractivity contribution in [2.45, 2.75) is 19.3 Å². The van der Waals surface area contributed by atoms with Crippen molar-refractivity contribution in [2.75, 3.05) is 0 Å². The van der Waals surface area contributed by atoms with Gasteiger partial charge < -0.3 is 0 Å². The van der Waals surface area contributed by atoms with Gasteiger partial charge in [-0.25, -0.2) is 15.0 Å². The minimum Gasteiger partial charge on any atom is -0.256 e. The Morgan fingerprint density at radius 2 is 0.923 bits per heavy atom. The standard InChI is InChI=1S/C60H39N5/c1-60(2)54-20-9-8-18-47(54)48-30-29-44(33-55(48)60)59-64-57(41-12-4-3-5-13-41)63-58(65-59)43-15-10-14-42(32-43)50-34-53-49-19-11-31-62-56(49)51(35-52(53)46-17-7-6-16-45(46)50)40-27-25-39(26-28-40)38-23-21-37(36-61)22-24-38/h3-35H,1-2H3. The Morgan fingerprint density at radius 1 is 0.369 bits per heavy atom. The first-order chi connectivity index (χ1) is 31.9. The number of nitriles is 1. The maximum Gasteiger partial charge on any atom is 0.164 e. The molecule has 2 aromatic heterocycles. The van der Waals surface area contributed by atoms with Gasteiger partial charge in [-0.15, -0.1) is 0 Å². The molecule has 0 bridgehead atoms. The summed E-state index contributed by atoms with van der Waals surface area (Å²) in [6.45, 7) is 4.60. The van der Waals surface area contributed by atoms with Gasteiger partial charge in [0.1, 0.15) is 0 Å². The van der Waals surface area contributed by atoms with Gasteiger partial charge in [0.2, 0.25) is 0 Å². The van der Waals surface area contributed by atoms with Crippen molar-refractivity contribution in [3.8, 4) is 84.7 Å². The van der Waals surface area contributed by atoms with E-state index < -0.39 is 0 Å². The van der Waals surface area contributed by atoms with Crippen molar-refractivity contribution in [1.82, 2.24) is 19.9 Å². The molecular weight excluding hydrogens is 791 g/mol. The molecule has 5 heteroatoms. The van der Waals surface area contributed by atoms with E-state index in [1.54, 1.807) is 0 Å². The van der Waals surface area contributed by atoms with Crippen LogP contribution in [0.5, 0.6) is 0 Å². The molecule has 12 rings (SSSR count). The van der Waals surface area contributed by atoms with Crippen LogP contribution in [-0.2, 0) is 5.41 Å². The fourth-order valence-corrected chi connectivity index (χ4v) is 9.88. The molecule has 0 aliphatic heterocycles. The van der Waals surface area contributed by atoms with Gasteiger partial charge in [-0.2, -0.15) is 5.26 Å². The molecule has 9 aromatic carbocycles. The van der Waals surface area contributed by atoms with Crippen molar-refractivity contribution in [3.63, 3.8) is 0 Å². The van der Waals surface area contributed by atoms with Gasteiger partial charge in [-0.1, -0.05) is 166 Å². The zero-order valence-electron chi connectivity index (χ0n) is 35.8. The minimum atomic E-state index is -0.153. The summed E-state index contributed by atoms with van der Waals surface area (Å²) in [5.41, 5.74) is 15.9. The van der Waals surface area contributed by atoms with Gasteiger partial charge in [-0.05, 0) is 114 Å². The maximum absolute atomic E-state index is 9.29. The zero-order chi connectivity index (χ0) is 43.6. The molecular formula is C60H39N5. The van der Waals surface area contributed by atoms with Gasteiger partial charge >= 0.3 is 0 Å². The van der Waals surface area contributed by atoms with Crippen molar-refractivity contribution in [2.24, 2.45) is 0 Å². The summed E-state index contributed by atoms with van der Waals surface area (Å²) >= 11 is 0. The Labute approximate surface area is 377 Å². The molecule has 0 saturated carbocycles. The second kappa shape index (κ2) is 15.0. The fourth-order valence-electron chi connectivity index (χ4n) is 9.88. The quantitative estimate of drug-likeness (QED) is 0.156. The average Bonchev–Trinajstić information content (AvgIpc) is 3.61. The zero-order valence-corrected chi connectivity index (χ0v) is 35.8. The Hall–Kier alpha value is -8.59. The van der Waals surface area contributed by atoms with E-state index in [-0.39, 0.29) is 5.41 Å². The summed E-state index contributed by atoms with van der Waals surface area (Å²) in [6, 6.07) is 70.3. The fraction of sp³-hybridized carbons (Fsp3) is 0.0500. The van der Waals surface area contributed by atoms with Crippen LogP contribution < -0.4 is 0 Å². The normalized spacial score (nSPS) is 12.6. The smallest absolute Gasteiger partial charge is 0.164 e. The lowest BCUT2D eigenvalue weighted by molar-refractivity contribution is 0.660. The molecule has 0 radical (unpaired) electrons. The number of benzene rings is 9. The molecule has 0 spiro atoms. The number of hydrogen-bond donors (Lipinski definition) is 0. The Kier molecular flexibility index (Phi) is 8.82. The predicted octanol–water partition coefficient (Wildman–Crippen LogP) is 14.9. The Bertz CT molecular complexity index is 3730. The molecule has 1 aliphatic carbocycles. The Balaban J connectivity index is 0.987. The lowest BCUT2D eigenvalue weighted by atomic mass is 9.82. The lowest BCUT2D eigenvalue weighted by Gasteiger charge is -2.21. The SMILES string of the molecule is CC1(C)c2ccccc2-c2ccc(-c3nc(-c4ccccc4)nc(-c4cccc(-c5cc6c7cccnc7c(-c7ccc(-c8ccc(C#N)cc8)cc7)cc6c6ccccc56)c4)n3)cc21. The first kappa shape index (κ1) is 38.1. The van der Waals surface area contributed by atoms with Crippen LogP contribution in [0.4, 0.5) is 0 Å². The van der Waals surface area contributed by atoms with Crippen molar-refractivity contribution in [1.29, 1.82) is 5.26 Å². The summed E-state index contributed by atoms with van der Waals surface area (Å²) in [6.07, 6.45) is 1.88. The monoisotopic (exact) mass is 829 g/mol. The van der Waals surface area contributed by atoms with E-state index in [0.717, 1.165) is 71.7 Å². The molecule has 0 fully saturated rings. The number of rotatable bonds is 6. The van der Waals surface area contributed by atoms with Crippen LogP contribution in [0.25, 0.3) is 111 Å². The predicted molar refractivity (Wildman–Crippen MR) is 265 cm³/mol. The van der Waals surface area contributed by atoms with Crippen molar-refractivity contribution >= 4 is 32.4 Å². The second-order valence-electron chi connectivity index (χ2n) is 17.3. The molecule has 11 aromatic rings. The summed E-state index contributed by atoms with van der Waals surface area (Å²) in [5.74, 6) is 1.89. The van der Waals surface area contributed by atoms with Crippen LogP contribution in [0.2, 0.25) is 0 Å². The third-order valence-electron chi connectivity index (χ3n) is 13.2. The molecule has 2 heterocycles. The van der Waals surface area contributed by atoms with Crippen LogP contribution in [-0.4, -0.2) is 19.9 Å². The average molecular weight is 830 g/mol. The maximum atomic E-state index is 9.29. The summed E-state index contributed by atoms with van der Waals surface area (Å²) in [5, 5.41) is 15.0. The lowest BCUT2D eigenvalue weighted by Crippen LogP contribution is -2.15. The molecule has 304 valence electrons. The number of nitrogens with zero attached hydrogens (tertiary/aromatic N) is 5. The molecule has 1 aliphatic rings. The van der Waals surface area contributed by atoms with Gasteiger partial charge in [-0.3, -0.25) is 4.98 Å². The molecule has 0 saturated heterocycles. The van der Waals surface area contributed by atoms with Gasteiger partial charge in [0.15, 0.2) is 17.5 Å². The summed E-state index contributed by atoms with van der Waals surface area (Å²) < 4.78 is 0. The van der Waals surface area contributed by atoms with Crippen LogP contribution in [0.1, 0.15) is 30.5 Å². The van der Waals surface area contributed by atoms with Crippen molar-refractivity contribution < 1.29 is 0 Å². The summed E-state index contributed by atoms with van der Waals surface area (Å²) in [7, 11) is 0. The highest BCUT2D eigenvalue weighted by Gasteiger charge is 2.35. The van der Waals surface area contributed by atoms with Crippen molar-refractivity contribution in [3.05, 3.63) is 217 Å². The molecule has 65 heavy (non-hydrogen) atoms. The first-order valence-electron chi connectivity index (χ1n) is 21.9. The molecule has 0 amide bonds. The molecule has 5 nitrogen and oxygen atoms in total. The number of aromatic nitrogens is 4. The van der Waals surface area contributed by atoms with E-state index in [1.165, 1.54) is 33.0 Å². The third kappa shape index (κ3) is 6.38. The number of fused-ring (bicyclic) bond motifs is 8. The minimum absolute atomic E-state index is 0.153. The Morgan fingerprint density at radius 3 is 1.69 bits per heavy atom. The highest BCUT2D eigenvalue weighted by molar-refractivity contribution is 6.23. The number of hydrogen-bond acceptors (Lipinski definition) is 5. The molecule has 0 atom stereocenters. The number of pyridine rings is 1. The van der Waals surface area contributed by atoms with E-state index in [4.69, 9.17) is 19.9 Å². The highest BCUT2D eigenvalue weighted by atomic mass is 15.0. The summed E-state index contributed by atoms with van der Waals surface area (Å²) in [4.78, 5) is 20.5.